The van der Waals surface area contributed by atoms with Crippen LogP contribution in [-0.4, -0.2) is 21.4 Å². The summed E-state index contributed by atoms with van der Waals surface area (Å²) in [5.41, 5.74) is 3.85. The summed E-state index contributed by atoms with van der Waals surface area (Å²) < 4.78 is 2.50. The molecule has 1 aromatic carbocycles. The van der Waals surface area contributed by atoms with Crippen LogP contribution in [0.5, 0.6) is 0 Å². The Morgan fingerprint density at radius 2 is 1.76 bits per heavy atom. The minimum absolute atomic E-state index is 0.224. The normalized spacial score (nSPS) is 34.8. The van der Waals surface area contributed by atoms with Crippen molar-refractivity contribution in [2.75, 3.05) is 6.61 Å². The molecule has 2 aromatic rings. The van der Waals surface area contributed by atoms with Gasteiger partial charge >= 0.3 is 0 Å². The van der Waals surface area contributed by atoms with Gasteiger partial charge in [-0.05, 0) is 86.3 Å². The molecule has 0 amide bonds. The molecule has 0 unspecified atom stereocenters. The van der Waals surface area contributed by atoms with Gasteiger partial charge < -0.3 is 14.8 Å². The summed E-state index contributed by atoms with van der Waals surface area (Å²) in [6.45, 7) is 3.10. The van der Waals surface area contributed by atoms with Gasteiger partial charge in [-0.2, -0.15) is 0 Å². The number of aliphatic hydroxyl groups is 2. The van der Waals surface area contributed by atoms with E-state index in [0.29, 0.717) is 5.41 Å². The summed E-state index contributed by atoms with van der Waals surface area (Å²) in [5.74, 6) is 2.92. The van der Waals surface area contributed by atoms with Gasteiger partial charge in [0.05, 0.1) is 6.61 Å². The minimum atomic E-state index is -0.793. The van der Waals surface area contributed by atoms with Gasteiger partial charge in [0.2, 0.25) is 0 Å². The molecule has 3 heteroatoms. The fraction of sp³-hybridized carbons (Fsp3) is 0.636. The molecule has 4 fully saturated rings. The summed E-state index contributed by atoms with van der Waals surface area (Å²) in [6.07, 6.45) is 7.90. The molecule has 1 heterocycles. The first kappa shape index (κ1) is 15.9. The fourth-order valence-electron chi connectivity index (χ4n) is 6.86. The van der Waals surface area contributed by atoms with Crippen LogP contribution in [0.4, 0.5) is 0 Å². The van der Waals surface area contributed by atoms with Gasteiger partial charge in [0.15, 0.2) is 0 Å². The molecule has 25 heavy (non-hydrogen) atoms. The highest BCUT2D eigenvalue weighted by atomic mass is 16.3. The van der Waals surface area contributed by atoms with Crippen LogP contribution in [-0.2, 0) is 6.54 Å². The van der Waals surface area contributed by atoms with Crippen LogP contribution in [0.25, 0.3) is 10.9 Å². The van der Waals surface area contributed by atoms with Gasteiger partial charge in [0, 0.05) is 23.1 Å². The lowest BCUT2D eigenvalue weighted by molar-refractivity contribution is -0.0615. The molecule has 4 aliphatic rings. The first-order chi connectivity index (χ1) is 12.1. The van der Waals surface area contributed by atoms with Crippen molar-refractivity contribution in [3.63, 3.8) is 0 Å². The second-order valence-electron chi connectivity index (χ2n) is 9.27. The van der Waals surface area contributed by atoms with E-state index in [1.807, 2.05) is 12.1 Å². The lowest BCUT2D eigenvalue weighted by Crippen LogP contribution is -2.48. The highest BCUT2D eigenvalue weighted by Crippen LogP contribution is 2.60. The third kappa shape index (κ3) is 2.47. The van der Waals surface area contributed by atoms with E-state index in [4.69, 9.17) is 0 Å². The predicted molar refractivity (Wildman–Crippen MR) is 99.3 cm³/mol. The second-order valence-corrected chi connectivity index (χ2v) is 9.27. The summed E-state index contributed by atoms with van der Waals surface area (Å²) in [6, 6.07) is 8.34. The molecule has 1 aromatic heterocycles. The summed E-state index contributed by atoms with van der Waals surface area (Å²) in [7, 11) is 0. The Kier molecular flexibility index (Phi) is 3.55. The van der Waals surface area contributed by atoms with E-state index in [9.17, 15) is 10.2 Å². The zero-order valence-corrected chi connectivity index (χ0v) is 15.1. The van der Waals surface area contributed by atoms with E-state index >= 15 is 0 Å². The molecule has 0 aliphatic heterocycles. The van der Waals surface area contributed by atoms with Crippen LogP contribution < -0.4 is 0 Å². The molecular weight excluding hydrogens is 310 g/mol. The summed E-state index contributed by atoms with van der Waals surface area (Å²) >= 11 is 0. The minimum Gasteiger partial charge on any atom is -0.393 e. The maximum absolute atomic E-state index is 10.2. The number of aromatic nitrogens is 1. The molecule has 0 radical (unpaired) electrons. The van der Waals surface area contributed by atoms with Crippen LogP contribution in [0.15, 0.2) is 24.3 Å². The number of aryl methyl sites for hydroxylation is 1. The third-order valence-electron chi connectivity index (χ3n) is 7.38. The number of hydrogen-bond donors (Lipinski definition) is 2. The van der Waals surface area contributed by atoms with Crippen molar-refractivity contribution in [1.82, 2.24) is 4.57 Å². The zero-order chi connectivity index (χ0) is 17.2. The number of fused-ring (bicyclic) bond motifs is 1. The van der Waals surface area contributed by atoms with E-state index in [-0.39, 0.29) is 6.61 Å². The van der Waals surface area contributed by atoms with Crippen LogP contribution in [0.3, 0.4) is 0 Å². The largest absolute Gasteiger partial charge is 0.393 e. The molecule has 0 saturated heterocycles. The maximum Gasteiger partial charge on any atom is 0.103 e. The van der Waals surface area contributed by atoms with E-state index in [2.05, 4.69) is 23.6 Å². The fourth-order valence-corrected chi connectivity index (χ4v) is 6.86. The van der Waals surface area contributed by atoms with Crippen molar-refractivity contribution in [2.24, 2.45) is 23.2 Å². The Labute approximate surface area is 149 Å². The smallest absolute Gasteiger partial charge is 0.103 e. The molecular formula is C22H29NO2. The number of aliphatic hydroxyl groups excluding tert-OH is 2. The lowest BCUT2D eigenvalue weighted by atomic mass is 9.49. The topological polar surface area (TPSA) is 45.4 Å². The number of nitrogens with zero attached hydrogens (tertiary/aromatic N) is 1. The van der Waals surface area contributed by atoms with E-state index in [0.717, 1.165) is 35.2 Å². The lowest BCUT2D eigenvalue weighted by Gasteiger charge is -2.57. The Bertz CT molecular complexity index is 770. The van der Waals surface area contributed by atoms with Crippen LogP contribution in [0.1, 0.15) is 55.9 Å². The van der Waals surface area contributed by atoms with Crippen molar-refractivity contribution in [1.29, 1.82) is 0 Å². The average molecular weight is 339 g/mol. The SMILES string of the molecule is Cc1cc2c([C@H](O)CO)cccc2n1CC12CC3CC(CC(C3)C1)C2. The summed E-state index contributed by atoms with van der Waals surface area (Å²) in [4.78, 5) is 0. The Hall–Kier alpha value is -1.32. The van der Waals surface area contributed by atoms with Gasteiger partial charge in [0.1, 0.15) is 6.10 Å². The van der Waals surface area contributed by atoms with Crippen molar-refractivity contribution < 1.29 is 10.2 Å². The van der Waals surface area contributed by atoms with Gasteiger partial charge in [0.25, 0.3) is 0 Å². The monoisotopic (exact) mass is 339 g/mol. The molecule has 1 atom stereocenters. The highest BCUT2D eigenvalue weighted by molar-refractivity contribution is 5.85. The number of rotatable bonds is 4. The van der Waals surface area contributed by atoms with E-state index < -0.39 is 6.10 Å². The first-order valence-corrected chi connectivity index (χ1v) is 9.94. The molecule has 4 aliphatic carbocycles. The molecule has 4 saturated carbocycles. The molecule has 134 valence electrons. The van der Waals surface area contributed by atoms with Gasteiger partial charge in [-0.25, -0.2) is 0 Å². The van der Waals surface area contributed by atoms with Crippen molar-refractivity contribution in [3.8, 4) is 0 Å². The van der Waals surface area contributed by atoms with Crippen molar-refractivity contribution in [3.05, 3.63) is 35.5 Å². The maximum atomic E-state index is 10.2. The van der Waals surface area contributed by atoms with Crippen LogP contribution in [0.2, 0.25) is 0 Å². The molecule has 2 N–H and O–H groups in total. The van der Waals surface area contributed by atoms with Crippen molar-refractivity contribution >= 4 is 10.9 Å². The van der Waals surface area contributed by atoms with Crippen LogP contribution in [0, 0.1) is 30.1 Å². The molecule has 0 spiro atoms. The molecule has 6 rings (SSSR count). The zero-order valence-electron chi connectivity index (χ0n) is 15.1. The predicted octanol–water partition coefficient (Wildman–Crippen LogP) is 4.19. The van der Waals surface area contributed by atoms with Crippen molar-refractivity contribution in [2.45, 2.75) is 58.1 Å². The summed E-state index contributed by atoms with van der Waals surface area (Å²) in [5, 5.41) is 20.7. The standard InChI is InChI=1S/C22H29NO2/c1-14-5-19-18(21(25)12-24)3-2-4-20(19)23(14)13-22-9-15-6-16(10-22)8-17(7-15)11-22/h2-5,15-17,21,24-25H,6-13H2,1H3/t15?,16?,17?,21-,22?/m1/s1. The number of hydrogen-bond acceptors (Lipinski definition) is 2. The first-order valence-electron chi connectivity index (χ1n) is 9.94. The second kappa shape index (κ2) is 5.59. The Morgan fingerprint density at radius 3 is 2.36 bits per heavy atom. The third-order valence-corrected chi connectivity index (χ3v) is 7.38. The number of benzene rings is 1. The average Bonchev–Trinajstić information content (AvgIpc) is 2.88. The highest BCUT2D eigenvalue weighted by Gasteiger charge is 2.51. The van der Waals surface area contributed by atoms with Gasteiger partial charge in [-0.1, -0.05) is 12.1 Å². The molecule has 4 bridgehead atoms. The van der Waals surface area contributed by atoms with Crippen LogP contribution >= 0.6 is 0 Å². The Morgan fingerprint density at radius 1 is 1.12 bits per heavy atom. The van der Waals surface area contributed by atoms with Gasteiger partial charge in [-0.15, -0.1) is 0 Å². The van der Waals surface area contributed by atoms with E-state index in [1.54, 1.807) is 0 Å². The Balaban J connectivity index is 1.54. The van der Waals surface area contributed by atoms with Gasteiger partial charge in [-0.3, -0.25) is 0 Å². The quantitative estimate of drug-likeness (QED) is 0.877. The molecule has 3 nitrogen and oxygen atoms in total. The van der Waals surface area contributed by atoms with E-state index in [1.165, 1.54) is 49.7 Å².